The number of aryl methyl sites for hydroxylation is 1. The second-order valence-electron chi connectivity index (χ2n) is 4.90. The van der Waals surface area contributed by atoms with Gasteiger partial charge in [-0.05, 0) is 55.0 Å². The number of methoxy groups -OCH3 is 1. The third-order valence-electron chi connectivity index (χ3n) is 3.46. The molecule has 0 saturated heterocycles. The average Bonchev–Trinajstić information content (AvgIpc) is 3.21. The van der Waals surface area contributed by atoms with Gasteiger partial charge in [0.15, 0.2) is 0 Å². The fraction of sp³-hybridized carbons (Fsp3) is 0.333. The molecule has 3 rings (SSSR count). The van der Waals surface area contributed by atoms with Gasteiger partial charge >= 0.3 is 5.97 Å². The van der Waals surface area contributed by atoms with Gasteiger partial charge in [0.05, 0.1) is 18.2 Å². The normalized spacial score (nSPS) is 14.8. The number of carbonyl (C=O) groups excluding carboxylic acids is 1. The summed E-state index contributed by atoms with van der Waals surface area (Å²) in [6.45, 7) is 1.97. The van der Waals surface area contributed by atoms with E-state index in [0.717, 1.165) is 16.5 Å². The summed E-state index contributed by atoms with van der Waals surface area (Å²) in [6.07, 6.45) is 4.47. The Kier molecular flexibility index (Phi) is 2.54. The lowest BCUT2D eigenvalue weighted by Crippen LogP contribution is -2.02. The van der Waals surface area contributed by atoms with Crippen LogP contribution in [0.1, 0.15) is 40.2 Å². The van der Waals surface area contributed by atoms with E-state index < -0.39 is 0 Å². The van der Waals surface area contributed by atoms with E-state index >= 15 is 0 Å². The van der Waals surface area contributed by atoms with Crippen LogP contribution in [-0.2, 0) is 4.74 Å². The lowest BCUT2D eigenvalue weighted by atomic mass is 10.0. The van der Waals surface area contributed by atoms with E-state index in [2.05, 4.69) is 11.1 Å². The number of aromatic nitrogens is 1. The van der Waals surface area contributed by atoms with E-state index in [1.54, 1.807) is 0 Å². The number of ether oxygens (including phenoxy) is 1. The van der Waals surface area contributed by atoms with Gasteiger partial charge in [-0.15, -0.1) is 0 Å². The fourth-order valence-corrected chi connectivity index (χ4v) is 2.32. The molecule has 1 aromatic heterocycles. The Hall–Kier alpha value is -1.90. The van der Waals surface area contributed by atoms with Crippen LogP contribution in [0, 0.1) is 6.92 Å². The van der Waals surface area contributed by atoms with E-state index in [-0.39, 0.29) is 5.97 Å². The van der Waals surface area contributed by atoms with Crippen molar-refractivity contribution in [2.45, 2.75) is 25.7 Å². The molecular weight excluding hydrogens is 226 g/mol. The van der Waals surface area contributed by atoms with Crippen LogP contribution < -0.4 is 0 Å². The van der Waals surface area contributed by atoms with Crippen LogP contribution in [-0.4, -0.2) is 18.1 Å². The summed E-state index contributed by atoms with van der Waals surface area (Å²) in [4.78, 5) is 16.1. The van der Waals surface area contributed by atoms with E-state index in [0.29, 0.717) is 11.5 Å². The Labute approximate surface area is 106 Å². The maximum Gasteiger partial charge on any atom is 0.337 e. The maximum absolute atomic E-state index is 11.6. The lowest BCUT2D eigenvalue weighted by Gasteiger charge is -2.07. The van der Waals surface area contributed by atoms with E-state index in [1.807, 2.05) is 25.3 Å². The molecule has 18 heavy (non-hydrogen) atoms. The fourth-order valence-electron chi connectivity index (χ4n) is 2.32. The molecule has 0 aliphatic heterocycles. The molecule has 3 heteroatoms. The Morgan fingerprint density at radius 1 is 1.33 bits per heavy atom. The highest BCUT2D eigenvalue weighted by atomic mass is 16.5. The number of pyridine rings is 1. The first kappa shape index (κ1) is 11.2. The molecule has 2 aromatic rings. The SMILES string of the molecule is COC(=O)c1cc(C)c2ncc(C3CC3)cc2c1. The number of esters is 1. The predicted molar refractivity (Wildman–Crippen MR) is 69.8 cm³/mol. The Bertz CT molecular complexity index is 630. The molecule has 1 aliphatic carbocycles. The van der Waals surface area contributed by atoms with Crippen molar-refractivity contribution in [3.63, 3.8) is 0 Å². The first-order chi connectivity index (χ1) is 8.69. The zero-order chi connectivity index (χ0) is 12.7. The molecule has 1 aliphatic rings. The number of benzene rings is 1. The van der Waals surface area contributed by atoms with Crippen molar-refractivity contribution < 1.29 is 9.53 Å². The summed E-state index contributed by atoms with van der Waals surface area (Å²) in [5.41, 5.74) is 3.85. The van der Waals surface area contributed by atoms with E-state index in [9.17, 15) is 4.79 Å². The third kappa shape index (κ3) is 1.86. The molecule has 1 aromatic carbocycles. The zero-order valence-corrected chi connectivity index (χ0v) is 10.6. The largest absolute Gasteiger partial charge is 0.465 e. The molecule has 0 radical (unpaired) electrons. The Balaban J connectivity index is 2.16. The summed E-state index contributed by atoms with van der Waals surface area (Å²) >= 11 is 0. The van der Waals surface area contributed by atoms with Gasteiger partial charge in [0.1, 0.15) is 0 Å². The molecule has 0 amide bonds. The van der Waals surface area contributed by atoms with Crippen LogP contribution in [0.15, 0.2) is 24.4 Å². The van der Waals surface area contributed by atoms with Crippen LogP contribution >= 0.6 is 0 Å². The van der Waals surface area contributed by atoms with Gasteiger partial charge in [0.2, 0.25) is 0 Å². The van der Waals surface area contributed by atoms with Crippen molar-refractivity contribution in [2.75, 3.05) is 7.11 Å². The second-order valence-corrected chi connectivity index (χ2v) is 4.90. The van der Waals surface area contributed by atoms with Gasteiger partial charge in [0, 0.05) is 11.6 Å². The van der Waals surface area contributed by atoms with Gasteiger partial charge in [-0.25, -0.2) is 4.79 Å². The van der Waals surface area contributed by atoms with Gasteiger partial charge in [0.25, 0.3) is 0 Å². The molecule has 0 N–H and O–H groups in total. The average molecular weight is 241 g/mol. The highest BCUT2D eigenvalue weighted by Crippen LogP contribution is 2.40. The summed E-state index contributed by atoms with van der Waals surface area (Å²) in [5, 5.41) is 1.03. The Morgan fingerprint density at radius 2 is 2.11 bits per heavy atom. The highest BCUT2D eigenvalue weighted by Gasteiger charge is 2.24. The number of fused-ring (bicyclic) bond motifs is 1. The number of nitrogens with zero attached hydrogens (tertiary/aromatic N) is 1. The standard InChI is InChI=1S/C15H15NO2/c1-9-5-12(15(17)18-2)6-11-7-13(10-3-4-10)8-16-14(9)11/h5-8,10H,3-4H2,1-2H3. The molecule has 0 spiro atoms. The van der Waals surface area contributed by atoms with Gasteiger partial charge in [-0.1, -0.05) is 0 Å². The summed E-state index contributed by atoms with van der Waals surface area (Å²) in [7, 11) is 1.40. The van der Waals surface area contributed by atoms with Crippen molar-refractivity contribution in [1.29, 1.82) is 0 Å². The smallest absolute Gasteiger partial charge is 0.337 e. The lowest BCUT2D eigenvalue weighted by molar-refractivity contribution is 0.0601. The first-order valence-electron chi connectivity index (χ1n) is 6.17. The summed E-state index contributed by atoms with van der Waals surface area (Å²) in [6, 6.07) is 5.85. The summed E-state index contributed by atoms with van der Waals surface area (Å²) < 4.78 is 4.77. The highest BCUT2D eigenvalue weighted by molar-refractivity contribution is 5.95. The third-order valence-corrected chi connectivity index (χ3v) is 3.46. The van der Waals surface area contributed by atoms with E-state index in [4.69, 9.17) is 4.74 Å². The van der Waals surface area contributed by atoms with Gasteiger partial charge < -0.3 is 4.74 Å². The number of rotatable bonds is 2. The van der Waals surface area contributed by atoms with Crippen LogP contribution in [0.3, 0.4) is 0 Å². The Morgan fingerprint density at radius 3 is 2.78 bits per heavy atom. The number of carbonyl (C=O) groups is 1. The minimum absolute atomic E-state index is 0.295. The van der Waals surface area contributed by atoms with Gasteiger partial charge in [-0.2, -0.15) is 0 Å². The molecule has 1 heterocycles. The molecule has 0 unspecified atom stereocenters. The van der Waals surface area contributed by atoms with Crippen molar-refractivity contribution in [3.05, 3.63) is 41.1 Å². The summed E-state index contributed by atoms with van der Waals surface area (Å²) in [5.74, 6) is 0.376. The van der Waals surface area contributed by atoms with Crippen LogP contribution in [0.2, 0.25) is 0 Å². The minimum Gasteiger partial charge on any atom is -0.465 e. The van der Waals surface area contributed by atoms with Crippen LogP contribution in [0.4, 0.5) is 0 Å². The van der Waals surface area contributed by atoms with Crippen molar-refractivity contribution in [1.82, 2.24) is 4.98 Å². The molecule has 0 atom stereocenters. The van der Waals surface area contributed by atoms with Crippen molar-refractivity contribution in [3.8, 4) is 0 Å². The van der Waals surface area contributed by atoms with Crippen LogP contribution in [0.25, 0.3) is 10.9 Å². The minimum atomic E-state index is -0.295. The monoisotopic (exact) mass is 241 g/mol. The topological polar surface area (TPSA) is 39.2 Å². The van der Waals surface area contributed by atoms with E-state index in [1.165, 1.54) is 25.5 Å². The van der Waals surface area contributed by atoms with Gasteiger partial charge in [-0.3, -0.25) is 4.98 Å². The van der Waals surface area contributed by atoms with Crippen molar-refractivity contribution in [2.24, 2.45) is 0 Å². The quantitative estimate of drug-likeness (QED) is 0.758. The van der Waals surface area contributed by atoms with Crippen LogP contribution in [0.5, 0.6) is 0 Å². The number of hydrogen-bond acceptors (Lipinski definition) is 3. The molecule has 3 nitrogen and oxygen atoms in total. The first-order valence-corrected chi connectivity index (χ1v) is 6.17. The number of hydrogen-bond donors (Lipinski definition) is 0. The molecular formula is C15H15NO2. The second kappa shape index (κ2) is 4.09. The molecule has 1 fully saturated rings. The molecule has 92 valence electrons. The molecule has 1 saturated carbocycles. The molecule has 0 bridgehead atoms. The predicted octanol–water partition coefficient (Wildman–Crippen LogP) is 3.21. The zero-order valence-electron chi connectivity index (χ0n) is 10.6. The maximum atomic E-state index is 11.6. The van der Waals surface area contributed by atoms with Crippen molar-refractivity contribution >= 4 is 16.9 Å².